The topological polar surface area (TPSA) is 84.2 Å². The van der Waals surface area contributed by atoms with Crippen LogP contribution in [-0.2, 0) is 16.1 Å². The van der Waals surface area contributed by atoms with Gasteiger partial charge in [0.1, 0.15) is 6.54 Å². The van der Waals surface area contributed by atoms with Gasteiger partial charge in [0.15, 0.2) is 6.04 Å². The van der Waals surface area contributed by atoms with Gasteiger partial charge in [0.05, 0.1) is 0 Å². The Morgan fingerprint density at radius 1 is 1.33 bits per heavy atom. The van der Waals surface area contributed by atoms with Gasteiger partial charge < -0.3 is 10.4 Å². The van der Waals surface area contributed by atoms with E-state index in [1.165, 1.54) is 4.68 Å². The highest BCUT2D eigenvalue weighted by Gasteiger charge is 2.22. The maximum Gasteiger partial charge on any atom is 0.330 e. The average Bonchev–Trinajstić information content (AvgIpc) is 2.92. The molecule has 0 saturated heterocycles. The van der Waals surface area contributed by atoms with Crippen molar-refractivity contribution in [3.05, 3.63) is 53.3 Å². The van der Waals surface area contributed by atoms with E-state index in [2.05, 4.69) is 10.4 Å². The molecule has 0 fully saturated rings. The van der Waals surface area contributed by atoms with Crippen LogP contribution < -0.4 is 5.32 Å². The summed E-state index contributed by atoms with van der Waals surface area (Å²) in [7, 11) is 0. The largest absolute Gasteiger partial charge is 0.479 e. The molecule has 6 heteroatoms. The van der Waals surface area contributed by atoms with Gasteiger partial charge in [-0.1, -0.05) is 18.2 Å². The van der Waals surface area contributed by atoms with Crippen LogP contribution in [0.1, 0.15) is 22.7 Å². The number of aromatic nitrogens is 2. The number of aliphatic carboxylic acids is 1. The minimum atomic E-state index is -1.09. The van der Waals surface area contributed by atoms with Gasteiger partial charge in [0.25, 0.3) is 0 Å². The zero-order chi connectivity index (χ0) is 15.4. The first kappa shape index (κ1) is 14.8. The van der Waals surface area contributed by atoms with Crippen LogP contribution in [0.4, 0.5) is 0 Å². The minimum Gasteiger partial charge on any atom is -0.479 e. The maximum absolute atomic E-state index is 11.9. The van der Waals surface area contributed by atoms with Crippen molar-refractivity contribution in [3.8, 4) is 0 Å². The lowest BCUT2D eigenvalue weighted by molar-refractivity contribution is -0.142. The molecule has 0 saturated carbocycles. The standard InChI is InChI=1S/C15H17N3O3/c1-10-4-5-12(8-11(10)2)14(15(20)21)17-13(19)9-18-7-3-6-16-18/h3-8,14H,9H2,1-2H3,(H,17,19)(H,20,21). The molecular formula is C15H17N3O3. The van der Waals surface area contributed by atoms with E-state index in [9.17, 15) is 14.7 Å². The van der Waals surface area contributed by atoms with Gasteiger partial charge in [-0.15, -0.1) is 0 Å². The van der Waals surface area contributed by atoms with Gasteiger partial charge >= 0.3 is 5.97 Å². The van der Waals surface area contributed by atoms with E-state index in [-0.39, 0.29) is 6.54 Å². The molecule has 1 amide bonds. The Bertz CT molecular complexity index is 650. The molecule has 0 aliphatic carbocycles. The summed E-state index contributed by atoms with van der Waals surface area (Å²) in [5.74, 6) is -1.49. The highest BCUT2D eigenvalue weighted by atomic mass is 16.4. The van der Waals surface area contributed by atoms with Crippen molar-refractivity contribution in [3.63, 3.8) is 0 Å². The summed E-state index contributed by atoms with van der Waals surface area (Å²) >= 11 is 0. The number of hydrogen-bond donors (Lipinski definition) is 2. The number of carbonyl (C=O) groups excluding carboxylic acids is 1. The molecule has 2 N–H and O–H groups in total. The van der Waals surface area contributed by atoms with Crippen molar-refractivity contribution >= 4 is 11.9 Å². The molecule has 1 aromatic heterocycles. The Kier molecular flexibility index (Phi) is 4.37. The van der Waals surface area contributed by atoms with E-state index < -0.39 is 17.9 Å². The van der Waals surface area contributed by atoms with Gasteiger partial charge in [-0.3, -0.25) is 9.48 Å². The Labute approximate surface area is 122 Å². The van der Waals surface area contributed by atoms with Gasteiger partial charge in [-0.25, -0.2) is 4.79 Å². The number of carbonyl (C=O) groups is 2. The average molecular weight is 287 g/mol. The van der Waals surface area contributed by atoms with Gasteiger partial charge in [0.2, 0.25) is 5.91 Å². The van der Waals surface area contributed by atoms with Gasteiger partial charge in [-0.2, -0.15) is 5.10 Å². The van der Waals surface area contributed by atoms with E-state index in [0.29, 0.717) is 5.56 Å². The molecule has 2 rings (SSSR count). The Balaban J connectivity index is 2.13. The number of rotatable bonds is 5. The minimum absolute atomic E-state index is 0.0123. The van der Waals surface area contributed by atoms with Crippen molar-refractivity contribution in [1.29, 1.82) is 0 Å². The number of hydrogen-bond acceptors (Lipinski definition) is 3. The summed E-state index contributed by atoms with van der Waals surface area (Å²) in [4.78, 5) is 23.3. The maximum atomic E-state index is 11.9. The zero-order valence-electron chi connectivity index (χ0n) is 11.9. The zero-order valence-corrected chi connectivity index (χ0v) is 11.9. The molecule has 21 heavy (non-hydrogen) atoms. The monoisotopic (exact) mass is 287 g/mol. The predicted molar refractivity (Wildman–Crippen MR) is 76.7 cm³/mol. The number of benzene rings is 1. The van der Waals surface area contributed by atoms with E-state index in [0.717, 1.165) is 11.1 Å². The second kappa shape index (κ2) is 6.21. The lowest BCUT2D eigenvalue weighted by Gasteiger charge is -2.16. The summed E-state index contributed by atoms with van der Waals surface area (Å²) in [5, 5.41) is 15.8. The second-order valence-electron chi connectivity index (χ2n) is 4.89. The van der Waals surface area contributed by atoms with E-state index in [1.807, 2.05) is 19.9 Å². The molecule has 110 valence electrons. The van der Waals surface area contributed by atoms with Crippen LogP contribution in [0, 0.1) is 13.8 Å². The van der Waals surface area contributed by atoms with Crippen LogP contribution in [0.2, 0.25) is 0 Å². The predicted octanol–water partition coefficient (Wildman–Crippen LogP) is 1.44. The molecule has 0 radical (unpaired) electrons. The first-order valence-electron chi connectivity index (χ1n) is 6.54. The third-order valence-corrected chi connectivity index (χ3v) is 3.28. The van der Waals surface area contributed by atoms with Gasteiger partial charge in [0, 0.05) is 12.4 Å². The molecule has 0 bridgehead atoms. The lowest BCUT2D eigenvalue weighted by atomic mass is 10.0. The first-order chi connectivity index (χ1) is 9.97. The Hall–Kier alpha value is -2.63. The lowest BCUT2D eigenvalue weighted by Crippen LogP contribution is -2.36. The summed E-state index contributed by atoms with van der Waals surface area (Å²) in [6.07, 6.45) is 3.21. The quantitative estimate of drug-likeness (QED) is 0.871. The Morgan fingerprint density at radius 3 is 2.67 bits per heavy atom. The summed E-state index contributed by atoms with van der Waals surface area (Å²) in [5.41, 5.74) is 2.62. The Morgan fingerprint density at radius 2 is 2.10 bits per heavy atom. The molecule has 1 atom stereocenters. The molecular weight excluding hydrogens is 270 g/mol. The normalized spacial score (nSPS) is 11.9. The van der Waals surface area contributed by atoms with Crippen molar-refractivity contribution in [2.24, 2.45) is 0 Å². The van der Waals surface area contributed by atoms with E-state index >= 15 is 0 Å². The van der Waals surface area contributed by atoms with Crippen LogP contribution in [0.15, 0.2) is 36.7 Å². The second-order valence-corrected chi connectivity index (χ2v) is 4.89. The van der Waals surface area contributed by atoms with Crippen molar-refractivity contribution < 1.29 is 14.7 Å². The molecule has 2 aromatic rings. The van der Waals surface area contributed by atoms with Gasteiger partial charge in [-0.05, 0) is 36.6 Å². The third-order valence-electron chi connectivity index (χ3n) is 3.28. The van der Waals surface area contributed by atoms with Crippen molar-refractivity contribution in [2.45, 2.75) is 26.4 Å². The van der Waals surface area contributed by atoms with Crippen LogP contribution in [-0.4, -0.2) is 26.8 Å². The number of nitrogens with one attached hydrogen (secondary N) is 1. The van der Waals surface area contributed by atoms with Crippen molar-refractivity contribution in [1.82, 2.24) is 15.1 Å². The number of amides is 1. The summed E-state index contributed by atoms with van der Waals surface area (Å²) in [6.45, 7) is 3.84. The number of aryl methyl sites for hydroxylation is 2. The van der Waals surface area contributed by atoms with Crippen LogP contribution in [0.5, 0.6) is 0 Å². The van der Waals surface area contributed by atoms with Crippen LogP contribution >= 0.6 is 0 Å². The highest BCUT2D eigenvalue weighted by Crippen LogP contribution is 2.17. The fraction of sp³-hybridized carbons (Fsp3) is 0.267. The van der Waals surface area contributed by atoms with Crippen LogP contribution in [0.25, 0.3) is 0 Å². The van der Waals surface area contributed by atoms with E-state index in [4.69, 9.17) is 0 Å². The van der Waals surface area contributed by atoms with Crippen LogP contribution in [0.3, 0.4) is 0 Å². The fourth-order valence-electron chi connectivity index (χ4n) is 1.98. The SMILES string of the molecule is Cc1ccc(C(NC(=O)Cn2cccn2)C(=O)O)cc1C. The molecule has 0 aliphatic rings. The summed E-state index contributed by atoms with van der Waals surface area (Å²) in [6, 6.07) is 5.98. The van der Waals surface area contributed by atoms with Crippen molar-refractivity contribution in [2.75, 3.05) is 0 Å². The smallest absolute Gasteiger partial charge is 0.330 e. The number of carboxylic acid groups (broad SMARTS) is 1. The molecule has 0 spiro atoms. The summed E-state index contributed by atoms with van der Waals surface area (Å²) < 4.78 is 1.44. The molecule has 6 nitrogen and oxygen atoms in total. The molecule has 1 aromatic carbocycles. The third kappa shape index (κ3) is 3.68. The number of carboxylic acids is 1. The fourth-order valence-corrected chi connectivity index (χ4v) is 1.98. The first-order valence-corrected chi connectivity index (χ1v) is 6.54. The highest BCUT2D eigenvalue weighted by molar-refractivity contribution is 5.84. The molecule has 1 unspecified atom stereocenters. The number of nitrogens with zero attached hydrogens (tertiary/aromatic N) is 2. The molecule has 0 aliphatic heterocycles. The van der Waals surface area contributed by atoms with E-state index in [1.54, 1.807) is 30.6 Å². The molecule has 1 heterocycles.